The van der Waals surface area contributed by atoms with Crippen molar-refractivity contribution in [2.24, 2.45) is 5.92 Å². The lowest BCUT2D eigenvalue weighted by Crippen LogP contribution is -2.39. The van der Waals surface area contributed by atoms with E-state index in [-0.39, 0.29) is 15.8 Å². The molecule has 1 unspecified atom stereocenters. The van der Waals surface area contributed by atoms with Crippen molar-refractivity contribution in [2.75, 3.05) is 19.6 Å². The van der Waals surface area contributed by atoms with E-state index in [4.69, 9.17) is 11.6 Å². The first-order valence-electron chi connectivity index (χ1n) is 8.44. The van der Waals surface area contributed by atoms with Gasteiger partial charge in [0.1, 0.15) is 4.90 Å². The van der Waals surface area contributed by atoms with Crippen molar-refractivity contribution < 1.29 is 13.2 Å². The van der Waals surface area contributed by atoms with Gasteiger partial charge < -0.3 is 5.32 Å². The highest BCUT2D eigenvalue weighted by Gasteiger charge is 2.30. The molecule has 1 aliphatic rings. The number of carbonyl (C=O) groups is 1. The lowest BCUT2D eigenvalue weighted by Gasteiger charge is -2.30. The van der Waals surface area contributed by atoms with Crippen LogP contribution in [0, 0.1) is 5.92 Å². The van der Waals surface area contributed by atoms with E-state index < -0.39 is 10.0 Å². The molecule has 5 nitrogen and oxygen atoms in total. The predicted molar refractivity (Wildman–Crippen MR) is 95.9 cm³/mol. The summed E-state index contributed by atoms with van der Waals surface area (Å²) >= 11 is 6.13. The smallest absolute Gasteiger partial charge is 0.251 e. The molecule has 1 aromatic rings. The van der Waals surface area contributed by atoms with Crippen LogP contribution < -0.4 is 5.32 Å². The first-order chi connectivity index (χ1) is 11.4. The van der Waals surface area contributed by atoms with E-state index in [0.717, 1.165) is 25.7 Å². The standard InChI is InChI=1S/C17H25ClN2O3S/c1-3-4-9-19-17(21)14-7-8-15(18)16(11-14)24(22,23)20-10-5-6-13(2)12-20/h7-8,11,13H,3-6,9-10,12H2,1-2H3,(H,19,21). The number of benzene rings is 1. The first-order valence-corrected chi connectivity index (χ1v) is 10.3. The fourth-order valence-corrected chi connectivity index (χ4v) is 4.93. The lowest BCUT2D eigenvalue weighted by molar-refractivity contribution is 0.0953. The Morgan fingerprint density at radius 2 is 2.17 bits per heavy atom. The molecule has 1 fully saturated rings. The molecule has 0 radical (unpaired) electrons. The molecule has 1 atom stereocenters. The molecule has 1 N–H and O–H groups in total. The van der Waals surface area contributed by atoms with Gasteiger partial charge in [0.05, 0.1) is 5.02 Å². The second-order valence-corrected chi connectivity index (χ2v) is 8.68. The average molecular weight is 373 g/mol. The molecule has 0 aliphatic carbocycles. The molecular formula is C17H25ClN2O3S. The van der Waals surface area contributed by atoms with Crippen LogP contribution in [0.25, 0.3) is 0 Å². The van der Waals surface area contributed by atoms with E-state index in [9.17, 15) is 13.2 Å². The van der Waals surface area contributed by atoms with Crippen molar-refractivity contribution in [3.63, 3.8) is 0 Å². The van der Waals surface area contributed by atoms with Gasteiger partial charge in [-0.1, -0.05) is 31.9 Å². The van der Waals surface area contributed by atoms with Crippen molar-refractivity contribution in [2.45, 2.75) is 44.4 Å². The molecule has 0 spiro atoms. The third-order valence-electron chi connectivity index (χ3n) is 4.25. The van der Waals surface area contributed by atoms with Gasteiger partial charge in [0, 0.05) is 25.2 Å². The summed E-state index contributed by atoms with van der Waals surface area (Å²) in [7, 11) is -3.69. The van der Waals surface area contributed by atoms with Gasteiger partial charge >= 0.3 is 0 Å². The predicted octanol–water partition coefficient (Wildman–Crippen LogP) is 3.29. The number of amides is 1. The highest BCUT2D eigenvalue weighted by molar-refractivity contribution is 7.89. The number of carbonyl (C=O) groups excluding carboxylic acids is 1. The maximum atomic E-state index is 12.9. The zero-order valence-corrected chi connectivity index (χ0v) is 15.8. The molecular weight excluding hydrogens is 348 g/mol. The highest BCUT2D eigenvalue weighted by Crippen LogP contribution is 2.29. The average Bonchev–Trinajstić information content (AvgIpc) is 2.55. The summed E-state index contributed by atoms with van der Waals surface area (Å²) in [6, 6.07) is 4.43. The van der Waals surface area contributed by atoms with Gasteiger partial charge in [0.2, 0.25) is 10.0 Å². The van der Waals surface area contributed by atoms with Crippen molar-refractivity contribution in [1.82, 2.24) is 9.62 Å². The highest BCUT2D eigenvalue weighted by atomic mass is 35.5. The molecule has 134 valence electrons. The minimum atomic E-state index is -3.69. The van der Waals surface area contributed by atoms with Crippen molar-refractivity contribution >= 4 is 27.5 Å². The van der Waals surface area contributed by atoms with Crippen molar-refractivity contribution in [3.05, 3.63) is 28.8 Å². The van der Waals surface area contributed by atoms with E-state index in [2.05, 4.69) is 5.32 Å². The fraction of sp³-hybridized carbons (Fsp3) is 0.588. The first kappa shape index (κ1) is 19.2. The number of nitrogens with zero attached hydrogens (tertiary/aromatic N) is 1. The van der Waals surface area contributed by atoms with Crippen LogP contribution in [0.15, 0.2) is 23.1 Å². The summed E-state index contributed by atoms with van der Waals surface area (Å²) in [6.07, 6.45) is 3.73. The number of unbranched alkanes of at least 4 members (excludes halogenated alkanes) is 1. The molecule has 1 aromatic carbocycles. The molecule has 2 rings (SSSR count). The van der Waals surface area contributed by atoms with Crippen LogP contribution in [0.2, 0.25) is 5.02 Å². The Labute approximate surface area is 149 Å². The van der Waals surface area contributed by atoms with Gasteiger partial charge in [-0.05, 0) is 43.4 Å². The second-order valence-electron chi connectivity index (χ2n) is 6.37. The minimum Gasteiger partial charge on any atom is -0.352 e. The second kappa shape index (κ2) is 8.32. The maximum Gasteiger partial charge on any atom is 0.251 e. The summed E-state index contributed by atoms with van der Waals surface area (Å²) < 4.78 is 27.3. The molecule has 0 aromatic heterocycles. The number of sulfonamides is 1. The van der Waals surface area contributed by atoms with Crippen LogP contribution in [0.3, 0.4) is 0 Å². The summed E-state index contributed by atoms with van der Waals surface area (Å²) in [4.78, 5) is 12.2. The Morgan fingerprint density at radius 1 is 1.42 bits per heavy atom. The van der Waals surface area contributed by atoms with Crippen LogP contribution in [-0.4, -0.2) is 38.3 Å². The van der Waals surface area contributed by atoms with Crippen LogP contribution in [0.1, 0.15) is 49.9 Å². The monoisotopic (exact) mass is 372 g/mol. The Balaban J connectivity index is 2.25. The third kappa shape index (κ3) is 4.49. The van der Waals surface area contributed by atoms with Crippen LogP contribution in [-0.2, 0) is 10.0 Å². The summed E-state index contributed by atoms with van der Waals surface area (Å²) in [5, 5.41) is 2.95. The number of piperidine rings is 1. The molecule has 1 amide bonds. The van der Waals surface area contributed by atoms with E-state index in [0.29, 0.717) is 31.1 Å². The fourth-order valence-electron chi connectivity index (χ4n) is 2.83. The molecule has 7 heteroatoms. The van der Waals surface area contributed by atoms with Gasteiger partial charge in [-0.15, -0.1) is 0 Å². The number of nitrogens with one attached hydrogen (secondary N) is 1. The number of rotatable bonds is 6. The summed E-state index contributed by atoms with van der Waals surface area (Å²) in [5.74, 6) is 0.0522. The van der Waals surface area contributed by atoms with Gasteiger partial charge in [0.15, 0.2) is 0 Å². The molecule has 1 aliphatic heterocycles. The van der Waals surface area contributed by atoms with Crippen molar-refractivity contribution in [1.29, 1.82) is 0 Å². The Morgan fingerprint density at radius 3 is 2.83 bits per heavy atom. The molecule has 0 bridgehead atoms. The molecule has 1 saturated heterocycles. The Kier molecular flexibility index (Phi) is 6.66. The van der Waals surface area contributed by atoms with Crippen LogP contribution >= 0.6 is 11.6 Å². The summed E-state index contributed by atoms with van der Waals surface area (Å²) in [5.41, 5.74) is 0.319. The van der Waals surface area contributed by atoms with E-state index in [1.807, 2.05) is 13.8 Å². The lowest BCUT2D eigenvalue weighted by atomic mass is 10.0. The Bertz CT molecular complexity index is 691. The quantitative estimate of drug-likeness (QED) is 0.779. The van der Waals surface area contributed by atoms with Gasteiger partial charge in [-0.2, -0.15) is 4.31 Å². The number of halogens is 1. The van der Waals surface area contributed by atoms with Crippen LogP contribution in [0.5, 0.6) is 0 Å². The topological polar surface area (TPSA) is 66.5 Å². The number of hydrogen-bond acceptors (Lipinski definition) is 3. The van der Waals surface area contributed by atoms with Gasteiger partial charge in [-0.25, -0.2) is 8.42 Å². The zero-order chi connectivity index (χ0) is 17.7. The number of hydrogen-bond donors (Lipinski definition) is 1. The minimum absolute atomic E-state index is 0.0152. The van der Waals surface area contributed by atoms with E-state index in [1.165, 1.54) is 16.4 Å². The molecule has 1 heterocycles. The molecule has 0 saturated carbocycles. The summed E-state index contributed by atoms with van der Waals surface area (Å²) in [6.45, 7) is 5.64. The molecule has 24 heavy (non-hydrogen) atoms. The van der Waals surface area contributed by atoms with Gasteiger partial charge in [-0.3, -0.25) is 4.79 Å². The SMILES string of the molecule is CCCCNC(=O)c1ccc(Cl)c(S(=O)(=O)N2CCCC(C)C2)c1. The maximum absolute atomic E-state index is 12.9. The zero-order valence-electron chi connectivity index (χ0n) is 14.2. The van der Waals surface area contributed by atoms with Gasteiger partial charge in [0.25, 0.3) is 5.91 Å². The normalized spacial score (nSPS) is 19.2. The van der Waals surface area contributed by atoms with E-state index >= 15 is 0 Å². The Hall–Kier alpha value is -1.11. The van der Waals surface area contributed by atoms with Crippen molar-refractivity contribution in [3.8, 4) is 0 Å². The largest absolute Gasteiger partial charge is 0.352 e. The van der Waals surface area contributed by atoms with Crippen LogP contribution in [0.4, 0.5) is 0 Å². The third-order valence-corrected chi connectivity index (χ3v) is 6.59. The van der Waals surface area contributed by atoms with E-state index in [1.54, 1.807) is 6.07 Å².